The molecule has 0 bridgehead atoms. The minimum Gasteiger partial charge on any atom is -0.337 e. The summed E-state index contributed by atoms with van der Waals surface area (Å²) >= 11 is 1.20. The van der Waals surface area contributed by atoms with Crippen LogP contribution in [0.1, 0.15) is 41.0 Å². The summed E-state index contributed by atoms with van der Waals surface area (Å²) in [5.74, 6) is -0.261. The average Bonchev–Trinajstić information content (AvgIpc) is 2.80. The van der Waals surface area contributed by atoms with E-state index in [0.29, 0.717) is 11.7 Å². The number of rotatable bonds is 7. The molecule has 0 spiro atoms. The maximum atomic E-state index is 12.3. The van der Waals surface area contributed by atoms with E-state index in [1.807, 2.05) is 20.8 Å². The normalized spacial score (nSPS) is 15.1. The lowest BCUT2D eigenvalue weighted by Gasteiger charge is -2.28. The second kappa shape index (κ2) is 7.49. The highest BCUT2D eigenvalue weighted by Crippen LogP contribution is 2.22. The number of aromatic amines is 1. The molecule has 0 fully saturated rings. The standard InChI is InChI=1S/C14H23N5O2S/c1-6-7-19-12(21)17-18-13(19)22-10(4)11(20)16-14(5,8-15)9(2)3/h9-10H,6-7H2,1-5H3,(H,16,20)(H,17,21)/t10-,14+/m1/s1. The Hall–Kier alpha value is -1.75. The first-order valence-electron chi connectivity index (χ1n) is 7.30. The molecule has 0 aliphatic heterocycles. The Morgan fingerprint density at radius 1 is 1.55 bits per heavy atom. The van der Waals surface area contributed by atoms with Crippen LogP contribution in [-0.4, -0.2) is 31.5 Å². The lowest BCUT2D eigenvalue weighted by Crippen LogP contribution is -2.51. The van der Waals surface area contributed by atoms with Gasteiger partial charge < -0.3 is 5.32 Å². The maximum absolute atomic E-state index is 12.3. The number of H-pyrrole nitrogens is 1. The number of thioether (sulfide) groups is 1. The molecule has 122 valence electrons. The van der Waals surface area contributed by atoms with Crippen molar-refractivity contribution in [1.29, 1.82) is 5.26 Å². The average molecular weight is 325 g/mol. The van der Waals surface area contributed by atoms with E-state index in [4.69, 9.17) is 0 Å². The molecule has 1 amide bonds. The summed E-state index contributed by atoms with van der Waals surface area (Å²) in [6, 6.07) is 2.15. The van der Waals surface area contributed by atoms with Gasteiger partial charge in [-0.15, -0.1) is 5.10 Å². The van der Waals surface area contributed by atoms with E-state index in [2.05, 4.69) is 21.6 Å². The number of amides is 1. The third-order valence-electron chi connectivity index (χ3n) is 3.59. The molecule has 0 saturated carbocycles. The number of hydrogen-bond acceptors (Lipinski definition) is 5. The maximum Gasteiger partial charge on any atom is 0.343 e. The molecule has 2 N–H and O–H groups in total. The molecule has 1 heterocycles. The van der Waals surface area contributed by atoms with Crippen molar-refractivity contribution in [2.45, 2.75) is 63.5 Å². The lowest BCUT2D eigenvalue weighted by molar-refractivity contribution is -0.121. The van der Waals surface area contributed by atoms with E-state index in [9.17, 15) is 14.9 Å². The van der Waals surface area contributed by atoms with Crippen molar-refractivity contribution in [3.8, 4) is 6.07 Å². The Labute approximate surface area is 134 Å². The fourth-order valence-electron chi connectivity index (χ4n) is 1.68. The van der Waals surface area contributed by atoms with Crippen LogP contribution in [0.15, 0.2) is 9.95 Å². The smallest absolute Gasteiger partial charge is 0.337 e. The zero-order chi connectivity index (χ0) is 16.9. The fourth-order valence-corrected chi connectivity index (χ4v) is 2.57. The molecular formula is C14H23N5O2S. The van der Waals surface area contributed by atoms with Crippen molar-refractivity contribution in [2.75, 3.05) is 0 Å². The first-order valence-corrected chi connectivity index (χ1v) is 8.18. The number of nitriles is 1. The van der Waals surface area contributed by atoms with Crippen LogP contribution < -0.4 is 11.0 Å². The highest BCUT2D eigenvalue weighted by atomic mass is 32.2. The molecule has 0 radical (unpaired) electrons. The quantitative estimate of drug-likeness (QED) is 0.740. The fraction of sp³-hybridized carbons (Fsp3) is 0.714. The van der Waals surface area contributed by atoms with Crippen LogP contribution in [0, 0.1) is 17.2 Å². The van der Waals surface area contributed by atoms with E-state index in [1.165, 1.54) is 16.3 Å². The third-order valence-corrected chi connectivity index (χ3v) is 4.68. The van der Waals surface area contributed by atoms with Crippen molar-refractivity contribution in [2.24, 2.45) is 5.92 Å². The Kier molecular flexibility index (Phi) is 6.23. The third kappa shape index (κ3) is 4.13. The number of nitrogens with one attached hydrogen (secondary N) is 2. The van der Waals surface area contributed by atoms with Gasteiger partial charge in [-0.25, -0.2) is 9.89 Å². The van der Waals surface area contributed by atoms with E-state index >= 15 is 0 Å². The number of carbonyl (C=O) groups excluding carboxylic acids is 1. The van der Waals surface area contributed by atoms with Gasteiger partial charge in [-0.05, 0) is 26.2 Å². The Balaban J connectivity index is 2.81. The number of hydrogen-bond donors (Lipinski definition) is 2. The van der Waals surface area contributed by atoms with Crippen molar-refractivity contribution in [3.05, 3.63) is 10.5 Å². The molecule has 0 unspecified atom stereocenters. The second-order valence-electron chi connectivity index (χ2n) is 5.68. The zero-order valence-corrected chi connectivity index (χ0v) is 14.5. The Bertz CT molecular complexity index is 615. The predicted octanol–water partition coefficient (Wildman–Crippen LogP) is 1.52. The van der Waals surface area contributed by atoms with Crippen molar-refractivity contribution < 1.29 is 4.79 Å². The van der Waals surface area contributed by atoms with Crippen LogP contribution in [-0.2, 0) is 11.3 Å². The van der Waals surface area contributed by atoms with Crippen LogP contribution in [0.4, 0.5) is 0 Å². The molecule has 8 heteroatoms. The topological polar surface area (TPSA) is 104 Å². The van der Waals surface area contributed by atoms with Crippen LogP contribution in [0.3, 0.4) is 0 Å². The number of aromatic nitrogens is 3. The SMILES string of the molecule is CCCn1c(S[C@H](C)C(=O)N[C@@](C)(C#N)C(C)C)n[nH]c1=O. The monoisotopic (exact) mass is 325 g/mol. The minimum absolute atomic E-state index is 0.0118. The van der Waals surface area contributed by atoms with E-state index < -0.39 is 10.8 Å². The summed E-state index contributed by atoms with van der Waals surface area (Å²) in [5.41, 5.74) is -1.19. The van der Waals surface area contributed by atoms with Gasteiger partial charge in [-0.3, -0.25) is 9.36 Å². The molecular weight excluding hydrogens is 302 g/mol. The molecule has 0 aliphatic rings. The van der Waals surface area contributed by atoms with Crippen molar-refractivity contribution >= 4 is 17.7 Å². The molecule has 0 aromatic carbocycles. The van der Waals surface area contributed by atoms with Crippen molar-refractivity contribution in [3.63, 3.8) is 0 Å². The molecule has 1 aromatic rings. The molecule has 22 heavy (non-hydrogen) atoms. The molecule has 7 nitrogen and oxygen atoms in total. The van der Waals surface area contributed by atoms with Crippen LogP contribution in [0.5, 0.6) is 0 Å². The summed E-state index contributed by atoms with van der Waals surface area (Å²) in [7, 11) is 0. The summed E-state index contributed by atoms with van der Waals surface area (Å²) in [4.78, 5) is 23.9. The molecule has 0 saturated heterocycles. The molecule has 1 rings (SSSR count). The summed E-state index contributed by atoms with van der Waals surface area (Å²) in [6.07, 6.45) is 0.799. The van der Waals surface area contributed by atoms with Gasteiger partial charge in [0.2, 0.25) is 5.91 Å². The van der Waals surface area contributed by atoms with Gasteiger partial charge in [-0.1, -0.05) is 32.5 Å². The molecule has 2 atom stereocenters. The first kappa shape index (κ1) is 18.3. The van der Waals surface area contributed by atoms with Gasteiger partial charge in [0.25, 0.3) is 0 Å². The van der Waals surface area contributed by atoms with Crippen LogP contribution >= 0.6 is 11.8 Å². The van der Waals surface area contributed by atoms with Gasteiger partial charge in [0.05, 0.1) is 11.3 Å². The summed E-state index contributed by atoms with van der Waals surface area (Å²) in [6.45, 7) is 9.71. The summed E-state index contributed by atoms with van der Waals surface area (Å²) < 4.78 is 1.51. The van der Waals surface area contributed by atoms with E-state index in [1.54, 1.807) is 13.8 Å². The van der Waals surface area contributed by atoms with Gasteiger partial charge in [-0.2, -0.15) is 5.26 Å². The molecule has 1 aromatic heterocycles. The lowest BCUT2D eigenvalue weighted by atomic mass is 9.90. The van der Waals surface area contributed by atoms with Gasteiger partial charge in [0.1, 0.15) is 5.54 Å². The van der Waals surface area contributed by atoms with E-state index in [0.717, 1.165) is 6.42 Å². The van der Waals surface area contributed by atoms with Crippen LogP contribution in [0.2, 0.25) is 0 Å². The minimum atomic E-state index is -0.916. The largest absolute Gasteiger partial charge is 0.343 e. The van der Waals surface area contributed by atoms with Gasteiger partial charge in [0, 0.05) is 6.54 Å². The van der Waals surface area contributed by atoms with E-state index in [-0.39, 0.29) is 17.5 Å². The molecule has 0 aliphatic carbocycles. The number of carbonyl (C=O) groups is 1. The van der Waals surface area contributed by atoms with Crippen molar-refractivity contribution in [1.82, 2.24) is 20.1 Å². The number of nitrogens with zero attached hydrogens (tertiary/aromatic N) is 3. The first-order chi connectivity index (χ1) is 10.2. The predicted molar refractivity (Wildman–Crippen MR) is 85.5 cm³/mol. The Morgan fingerprint density at radius 3 is 2.68 bits per heavy atom. The highest BCUT2D eigenvalue weighted by Gasteiger charge is 2.32. The highest BCUT2D eigenvalue weighted by molar-refractivity contribution is 8.00. The Morgan fingerprint density at radius 2 is 2.18 bits per heavy atom. The summed E-state index contributed by atoms with van der Waals surface area (Å²) in [5, 5.41) is 18.4. The zero-order valence-electron chi connectivity index (χ0n) is 13.6. The second-order valence-corrected chi connectivity index (χ2v) is 6.99. The van der Waals surface area contributed by atoms with Crippen LogP contribution in [0.25, 0.3) is 0 Å². The van der Waals surface area contributed by atoms with Gasteiger partial charge >= 0.3 is 5.69 Å². The van der Waals surface area contributed by atoms with Gasteiger partial charge in [0.15, 0.2) is 5.16 Å².